The van der Waals surface area contributed by atoms with Crippen LogP contribution >= 0.6 is 0 Å². The van der Waals surface area contributed by atoms with Crippen LogP contribution < -0.4 is 5.32 Å². The molecule has 3 N–H and O–H groups in total. The first-order valence-corrected chi connectivity index (χ1v) is 7.54. The highest BCUT2D eigenvalue weighted by Gasteiger charge is 2.25. The van der Waals surface area contributed by atoms with Crippen molar-refractivity contribution in [1.82, 2.24) is 20.0 Å². The molecule has 0 bridgehead atoms. The van der Waals surface area contributed by atoms with Crippen molar-refractivity contribution in [2.75, 3.05) is 44.6 Å². The lowest BCUT2D eigenvalue weighted by Gasteiger charge is -2.33. The number of aromatic amines is 1. The van der Waals surface area contributed by atoms with E-state index < -0.39 is 11.8 Å². The molecule has 0 aliphatic carbocycles. The molecule has 3 rings (SSSR count). The molecule has 2 amide bonds. The molecule has 1 aromatic carbocycles. The third kappa shape index (κ3) is 3.49. The average Bonchev–Trinajstić information content (AvgIpc) is 3.03. The van der Waals surface area contributed by atoms with Gasteiger partial charge in [0.2, 0.25) is 0 Å². The van der Waals surface area contributed by atoms with Crippen LogP contribution in [0.4, 0.5) is 5.69 Å². The van der Waals surface area contributed by atoms with Gasteiger partial charge in [0.25, 0.3) is 0 Å². The van der Waals surface area contributed by atoms with Gasteiger partial charge in [-0.05, 0) is 18.2 Å². The number of amides is 2. The lowest BCUT2D eigenvalue weighted by atomic mass is 10.2. The molecule has 2 aromatic rings. The summed E-state index contributed by atoms with van der Waals surface area (Å²) < 4.78 is 0. The van der Waals surface area contributed by atoms with Crippen LogP contribution in [0.5, 0.6) is 0 Å². The molecule has 1 saturated heterocycles. The number of anilines is 1. The maximum Gasteiger partial charge on any atom is 0.313 e. The van der Waals surface area contributed by atoms with Crippen molar-refractivity contribution in [3.05, 3.63) is 24.4 Å². The monoisotopic (exact) mass is 317 g/mol. The fourth-order valence-corrected chi connectivity index (χ4v) is 2.66. The quantitative estimate of drug-likeness (QED) is 0.671. The Morgan fingerprint density at radius 1 is 1.26 bits per heavy atom. The summed E-state index contributed by atoms with van der Waals surface area (Å²) >= 11 is 0. The molecule has 1 fully saturated rings. The maximum atomic E-state index is 12.2. The van der Waals surface area contributed by atoms with E-state index in [9.17, 15) is 9.59 Å². The Hall–Kier alpha value is -2.45. The molecule has 8 heteroatoms. The fraction of sp³-hybridized carbons (Fsp3) is 0.400. The van der Waals surface area contributed by atoms with Crippen LogP contribution in [0.25, 0.3) is 10.9 Å². The second kappa shape index (κ2) is 6.76. The first-order valence-electron chi connectivity index (χ1n) is 7.54. The van der Waals surface area contributed by atoms with Crippen molar-refractivity contribution in [1.29, 1.82) is 0 Å². The van der Waals surface area contributed by atoms with E-state index in [2.05, 4.69) is 20.4 Å². The van der Waals surface area contributed by atoms with E-state index in [4.69, 9.17) is 5.11 Å². The Balaban J connectivity index is 1.58. The van der Waals surface area contributed by atoms with Crippen molar-refractivity contribution in [2.24, 2.45) is 0 Å². The van der Waals surface area contributed by atoms with E-state index in [1.54, 1.807) is 18.3 Å². The van der Waals surface area contributed by atoms with E-state index in [0.29, 0.717) is 38.4 Å². The Kier molecular flexibility index (Phi) is 4.54. The Morgan fingerprint density at radius 3 is 2.78 bits per heavy atom. The molecule has 23 heavy (non-hydrogen) atoms. The number of rotatable bonds is 3. The molecule has 0 atom stereocenters. The molecule has 0 radical (unpaired) electrons. The molecule has 1 aromatic heterocycles. The van der Waals surface area contributed by atoms with Crippen molar-refractivity contribution < 1.29 is 14.7 Å². The van der Waals surface area contributed by atoms with Gasteiger partial charge in [-0.25, -0.2) is 0 Å². The minimum absolute atomic E-state index is 0.102. The number of H-pyrrole nitrogens is 1. The lowest BCUT2D eigenvalue weighted by Crippen LogP contribution is -2.52. The topological polar surface area (TPSA) is 102 Å². The largest absolute Gasteiger partial charge is 0.395 e. The van der Waals surface area contributed by atoms with Gasteiger partial charge in [-0.3, -0.25) is 19.6 Å². The van der Waals surface area contributed by atoms with Crippen LogP contribution in [0.15, 0.2) is 24.4 Å². The van der Waals surface area contributed by atoms with E-state index in [1.807, 2.05) is 6.07 Å². The van der Waals surface area contributed by atoms with Gasteiger partial charge in [0.1, 0.15) is 0 Å². The van der Waals surface area contributed by atoms with Crippen LogP contribution in [0, 0.1) is 0 Å². The van der Waals surface area contributed by atoms with Gasteiger partial charge in [-0.1, -0.05) is 0 Å². The summed E-state index contributed by atoms with van der Waals surface area (Å²) in [5.74, 6) is -1.17. The summed E-state index contributed by atoms with van der Waals surface area (Å²) in [4.78, 5) is 27.9. The van der Waals surface area contributed by atoms with Crippen molar-refractivity contribution in [3.8, 4) is 0 Å². The van der Waals surface area contributed by atoms with Crippen molar-refractivity contribution >= 4 is 28.4 Å². The number of aliphatic hydroxyl groups is 1. The Labute approximate surface area is 133 Å². The SMILES string of the molecule is O=C(Nc1ccc2cn[nH]c2c1)C(=O)N1CCN(CCO)CC1. The third-order valence-electron chi connectivity index (χ3n) is 3.97. The van der Waals surface area contributed by atoms with E-state index in [0.717, 1.165) is 10.9 Å². The number of benzene rings is 1. The molecule has 0 spiro atoms. The van der Waals surface area contributed by atoms with E-state index in [-0.39, 0.29) is 6.61 Å². The van der Waals surface area contributed by atoms with Gasteiger partial charge >= 0.3 is 11.8 Å². The zero-order valence-electron chi connectivity index (χ0n) is 12.7. The summed E-state index contributed by atoms with van der Waals surface area (Å²) in [5, 5.41) is 19.2. The van der Waals surface area contributed by atoms with Crippen molar-refractivity contribution in [3.63, 3.8) is 0 Å². The number of aromatic nitrogens is 2. The number of hydrogen-bond donors (Lipinski definition) is 3. The first kappa shape index (κ1) is 15.4. The minimum atomic E-state index is -0.639. The van der Waals surface area contributed by atoms with Gasteiger partial charge in [-0.2, -0.15) is 5.10 Å². The highest BCUT2D eigenvalue weighted by molar-refractivity contribution is 6.39. The zero-order chi connectivity index (χ0) is 16.2. The van der Waals surface area contributed by atoms with Crippen LogP contribution in [0.2, 0.25) is 0 Å². The molecular formula is C15H19N5O3. The highest BCUT2D eigenvalue weighted by Crippen LogP contribution is 2.16. The lowest BCUT2D eigenvalue weighted by molar-refractivity contribution is -0.144. The molecule has 2 heterocycles. The smallest absolute Gasteiger partial charge is 0.313 e. The summed E-state index contributed by atoms with van der Waals surface area (Å²) in [5.41, 5.74) is 1.35. The maximum absolute atomic E-state index is 12.2. The van der Waals surface area contributed by atoms with Crippen molar-refractivity contribution in [2.45, 2.75) is 0 Å². The second-order valence-electron chi connectivity index (χ2n) is 5.48. The number of nitrogens with one attached hydrogen (secondary N) is 2. The molecule has 1 aliphatic rings. The number of β-amino-alcohol motifs (C(OH)–C–C–N with tert-alkyl or cyclic N) is 1. The number of nitrogens with zero attached hydrogens (tertiary/aromatic N) is 3. The number of carbonyl (C=O) groups is 2. The number of piperazine rings is 1. The van der Waals surface area contributed by atoms with E-state index >= 15 is 0 Å². The summed E-state index contributed by atoms with van der Waals surface area (Å²) in [6, 6.07) is 5.31. The minimum Gasteiger partial charge on any atom is -0.395 e. The number of aliphatic hydroxyl groups excluding tert-OH is 1. The third-order valence-corrected chi connectivity index (χ3v) is 3.97. The van der Waals surface area contributed by atoms with Gasteiger partial charge in [0.05, 0.1) is 18.3 Å². The molecule has 0 saturated carbocycles. The fourth-order valence-electron chi connectivity index (χ4n) is 2.66. The van der Waals surface area contributed by atoms with Crippen LogP contribution in [0.3, 0.4) is 0 Å². The predicted molar refractivity (Wildman–Crippen MR) is 84.8 cm³/mol. The summed E-state index contributed by atoms with van der Waals surface area (Å²) in [7, 11) is 0. The molecule has 122 valence electrons. The normalized spacial score (nSPS) is 15.8. The van der Waals surface area contributed by atoms with Gasteiger partial charge in [0, 0.05) is 43.8 Å². The summed E-state index contributed by atoms with van der Waals surface area (Å²) in [6.07, 6.45) is 1.69. The molecule has 1 aliphatic heterocycles. The zero-order valence-corrected chi connectivity index (χ0v) is 12.7. The molecule has 8 nitrogen and oxygen atoms in total. The Bertz CT molecular complexity index is 706. The number of hydrogen-bond acceptors (Lipinski definition) is 5. The van der Waals surface area contributed by atoms with Crippen LogP contribution in [0.1, 0.15) is 0 Å². The summed E-state index contributed by atoms with van der Waals surface area (Å²) in [6.45, 7) is 3.01. The Morgan fingerprint density at radius 2 is 2.04 bits per heavy atom. The standard InChI is InChI=1S/C15H19N5O3/c21-8-7-19-3-5-20(6-4-19)15(23)14(22)17-12-2-1-11-10-16-18-13(11)9-12/h1-2,9-10,21H,3-8H2,(H,16,18)(H,17,22). The molecule has 0 unspecified atom stereocenters. The highest BCUT2D eigenvalue weighted by atomic mass is 16.3. The molecular weight excluding hydrogens is 298 g/mol. The van der Waals surface area contributed by atoms with Crippen LogP contribution in [-0.2, 0) is 9.59 Å². The van der Waals surface area contributed by atoms with Gasteiger partial charge in [0.15, 0.2) is 0 Å². The van der Waals surface area contributed by atoms with Gasteiger partial charge in [-0.15, -0.1) is 0 Å². The van der Waals surface area contributed by atoms with Gasteiger partial charge < -0.3 is 15.3 Å². The first-order chi connectivity index (χ1) is 11.2. The number of fused-ring (bicyclic) bond motifs is 1. The van der Waals surface area contributed by atoms with E-state index in [1.165, 1.54) is 4.90 Å². The number of carbonyl (C=O) groups excluding carboxylic acids is 2. The second-order valence-corrected chi connectivity index (χ2v) is 5.48. The van der Waals surface area contributed by atoms with Crippen LogP contribution in [-0.4, -0.2) is 76.2 Å². The predicted octanol–water partition coefficient (Wildman–Crippen LogP) is -0.362. The average molecular weight is 317 g/mol.